The van der Waals surface area contributed by atoms with Crippen molar-refractivity contribution in [3.63, 3.8) is 0 Å². The highest BCUT2D eigenvalue weighted by atomic mass is 35.5. The van der Waals surface area contributed by atoms with Crippen LogP contribution in [0.3, 0.4) is 0 Å². The maximum absolute atomic E-state index is 6.25. The Morgan fingerprint density at radius 1 is 1.09 bits per heavy atom. The fourth-order valence-corrected chi connectivity index (χ4v) is 2.61. The molecule has 0 radical (unpaired) electrons. The highest BCUT2D eigenvalue weighted by Gasteiger charge is 2.11. The monoisotopic (exact) mass is 319 g/mol. The summed E-state index contributed by atoms with van der Waals surface area (Å²) in [5.41, 5.74) is 2.42. The van der Waals surface area contributed by atoms with Crippen LogP contribution in [0.15, 0.2) is 42.5 Å². The molecule has 3 nitrogen and oxygen atoms in total. The normalized spacial score (nSPS) is 10.5. The van der Waals surface area contributed by atoms with Crippen LogP contribution in [-0.4, -0.2) is 20.3 Å². The molecule has 0 spiro atoms. The van der Waals surface area contributed by atoms with Crippen molar-refractivity contribution in [1.29, 1.82) is 0 Å². The quantitative estimate of drug-likeness (QED) is 0.744. The molecule has 0 saturated heterocycles. The number of ether oxygens (including phenoxy) is 2. The molecule has 2 aromatic carbocycles. The predicted octanol–water partition coefficient (Wildman–Crippen LogP) is 4.08. The van der Waals surface area contributed by atoms with E-state index in [0.717, 1.165) is 25.1 Å². The maximum Gasteiger partial charge on any atom is 0.179 e. The lowest BCUT2D eigenvalue weighted by atomic mass is 10.1. The lowest BCUT2D eigenvalue weighted by Crippen LogP contribution is -2.16. The zero-order valence-electron chi connectivity index (χ0n) is 13.1. The molecule has 0 unspecified atom stereocenters. The van der Waals surface area contributed by atoms with Crippen LogP contribution >= 0.6 is 11.6 Å². The molecule has 2 rings (SSSR count). The Morgan fingerprint density at radius 2 is 1.86 bits per heavy atom. The first-order valence-corrected chi connectivity index (χ1v) is 7.86. The van der Waals surface area contributed by atoms with Crippen molar-refractivity contribution in [2.24, 2.45) is 0 Å². The number of methoxy groups -OCH3 is 1. The van der Waals surface area contributed by atoms with Crippen LogP contribution in [0.2, 0.25) is 5.02 Å². The van der Waals surface area contributed by atoms with Gasteiger partial charge in [0.15, 0.2) is 11.5 Å². The van der Waals surface area contributed by atoms with Crippen LogP contribution in [0.25, 0.3) is 0 Å². The maximum atomic E-state index is 6.25. The van der Waals surface area contributed by atoms with Crippen LogP contribution < -0.4 is 14.8 Å². The minimum Gasteiger partial charge on any atom is -0.491 e. The number of nitrogens with one attached hydrogen (secondary N) is 1. The first kappa shape index (κ1) is 16.7. The van der Waals surface area contributed by atoms with Crippen molar-refractivity contribution < 1.29 is 9.47 Å². The molecule has 4 heteroatoms. The summed E-state index contributed by atoms with van der Waals surface area (Å²) in [5, 5.41) is 4.01. The van der Waals surface area contributed by atoms with E-state index in [1.54, 1.807) is 7.11 Å². The van der Waals surface area contributed by atoms with Crippen molar-refractivity contribution in [2.75, 3.05) is 20.3 Å². The molecule has 0 aliphatic heterocycles. The van der Waals surface area contributed by atoms with Gasteiger partial charge in [-0.15, -0.1) is 0 Å². The summed E-state index contributed by atoms with van der Waals surface area (Å²) in [6.45, 7) is 4.18. The average molecular weight is 320 g/mol. The van der Waals surface area contributed by atoms with E-state index in [2.05, 4.69) is 29.6 Å². The van der Waals surface area contributed by atoms with Gasteiger partial charge in [-0.3, -0.25) is 0 Å². The van der Waals surface area contributed by atoms with Crippen LogP contribution in [0, 0.1) is 0 Å². The summed E-state index contributed by atoms with van der Waals surface area (Å²) < 4.78 is 10.9. The van der Waals surface area contributed by atoms with Gasteiger partial charge in [0.2, 0.25) is 0 Å². The van der Waals surface area contributed by atoms with E-state index < -0.39 is 0 Å². The van der Waals surface area contributed by atoms with E-state index in [1.807, 2.05) is 25.1 Å². The molecule has 0 aliphatic carbocycles. The molecule has 118 valence electrons. The lowest BCUT2D eigenvalue weighted by molar-refractivity contribution is 0.310. The first-order chi connectivity index (χ1) is 10.7. The summed E-state index contributed by atoms with van der Waals surface area (Å²) >= 11 is 6.25. The molecule has 0 aliphatic rings. The second kappa shape index (κ2) is 8.66. The fraction of sp³-hybridized carbons (Fsp3) is 0.333. The SMILES string of the molecule is CCOc1cc(CNCCc2ccccc2)cc(Cl)c1OC. The molecule has 0 fully saturated rings. The number of hydrogen-bond acceptors (Lipinski definition) is 3. The molecular weight excluding hydrogens is 298 g/mol. The van der Waals surface area contributed by atoms with E-state index >= 15 is 0 Å². The van der Waals surface area contributed by atoms with Crippen LogP contribution in [0.5, 0.6) is 11.5 Å². The largest absolute Gasteiger partial charge is 0.491 e. The molecule has 0 heterocycles. The second-order valence-electron chi connectivity index (χ2n) is 4.95. The Bertz CT molecular complexity index is 587. The van der Waals surface area contributed by atoms with Crippen molar-refractivity contribution in [3.8, 4) is 11.5 Å². The fourth-order valence-electron chi connectivity index (χ4n) is 2.29. The van der Waals surface area contributed by atoms with Crippen molar-refractivity contribution in [1.82, 2.24) is 5.32 Å². The predicted molar refractivity (Wildman–Crippen MR) is 91.0 cm³/mol. The molecule has 0 atom stereocenters. The van der Waals surface area contributed by atoms with Gasteiger partial charge in [-0.2, -0.15) is 0 Å². The molecule has 0 saturated carbocycles. The summed E-state index contributed by atoms with van der Waals surface area (Å²) in [5.74, 6) is 1.29. The van der Waals surface area contributed by atoms with Crippen molar-refractivity contribution in [3.05, 3.63) is 58.6 Å². The smallest absolute Gasteiger partial charge is 0.179 e. The van der Waals surface area contributed by atoms with Gasteiger partial charge in [0.25, 0.3) is 0 Å². The van der Waals surface area contributed by atoms with Crippen LogP contribution in [-0.2, 0) is 13.0 Å². The number of hydrogen-bond donors (Lipinski definition) is 1. The Kier molecular flexibility index (Phi) is 6.56. The van der Waals surface area contributed by atoms with Gasteiger partial charge in [0, 0.05) is 6.54 Å². The van der Waals surface area contributed by atoms with Crippen LogP contribution in [0.4, 0.5) is 0 Å². The summed E-state index contributed by atoms with van der Waals surface area (Å²) in [6, 6.07) is 14.3. The van der Waals surface area contributed by atoms with Gasteiger partial charge >= 0.3 is 0 Å². The van der Waals surface area contributed by atoms with Crippen LogP contribution in [0.1, 0.15) is 18.1 Å². The van der Waals surface area contributed by atoms with Gasteiger partial charge in [-0.1, -0.05) is 41.9 Å². The van der Waals surface area contributed by atoms with E-state index in [0.29, 0.717) is 23.1 Å². The third-order valence-corrected chi connectivity index (χ3v) is 3.62. The van der Waals surface area contributed by atoms with E-state index in [-0.39, 0.29) is 0 Å². The molecule has 22 heavy (non-hydrogen) atoms. The molecule has 0 amide bonds. The Balaban J connectivity index is 1.92. The van der Waals surface area contributed by atoms with Gasteiger partial charge in [-0.25, -0.2) is 0 Å². The summed E-state index contributed by atoms with van der Waals surface area (Å²) in [6.07, 6.45) is 1.00. The number of halogens is 1. The highest BCUT2D eigenvalue weighted by Crippen LogP contribution is 2.36. The summed E-state index contributed by atoms with van der Waals surface area (Å²) in [7, 11) is 1.60. The molecule has 2 aromatic rings. The summed E-state index contributed by atoms with van der Waals surface area (Å²) in [4.78, 5) is 0. The van der Waals surface area contributed by atoms with Crippen molar-refractivity contribution in [2.45, 2.75) is 19.9 Å². The molecule has 1 N–H and O–H groups in total. The van der Waals surface area contributed by atoms with E-state index in [4.69, 9.17) is 21.1 Å². The third-order valence-electron chi connectivity index (χ3n) is 3.34. The topological polar surface area (TPSA) is 30.5 Å². The number of benzene rings is 2. The minimum atomic E-state index is 0.577. The minimum absolute atomic E-state index is 0.577. The zero-order chi connectivity index (χ0) is 15.8. The van der Waals surface area contributed by atoms with Crippen molar-refractivity contribution >= 4 is 11.6 Å². The average Bonchev–Trinajstić information content (AvgIpc) is 2.53. The molecule has 0 aromatic heterocycles. The van der Waals surface area contributed by atoms with Gasteiger partial charge < -0.3 is 14.8 Å². The van der Waals surface area contributed by atoms with E-state index in [1.165, 1.54) is 5.56 Å². The highest BCUT2D eigenvalue weighted by molar-refractivity contribution is 6.32. The second-order valence-corrected chi connectivity index (χ2v) is 5.36. The standard InChI is InChI=1S/C18H22ClNO2/c1-3-22-17-12-15(11-16(19)18(17)21-2)13-20-10-9-14-7-5-4-6-8-14/h4-8,11-12,20H,3,9-10,13H2,1-2H3. The van der Waals surface area contributed by atoms with Gasteiger partial charge in [-0.05, 0) is 43.1 Å². The zero-order valence-corrected chi connectivity index (χ0v) is 13.8. The molecular formula is C18H22ClNO2. The number of rotatable bonds is 8. The Hall–Kier alpha value is -1.71. The molecule has 0 bridgehead atoms. The Morgan fingerprint density at radius 3 is 2.55 bits per heavy atom. The van der Waals surface area contributed by atoms with E-state index in [9.17, 15) is 0 Å². The third kappa shape index (κ3) is 4.65. The van der Waals surface area contributed by atoms with Gasteiger partial charge in [0.1, 0.15) is 0 Å². The van der Waals surface area contributed by atoms with Gasteiger partial charge in [0.05, 0.1) is 18.7 Å². The lowest BCUT2D eigenvalue weighted by Gasteiger charge is -2.13. The first-order valence-electron chi connectivity index (χ1n) is 7.48. The Labute approximate surface area is 137 Å².